The van der Waals surface area contributed by atoms with Crippen molar-refractivity contribution in [3.05, 3.63) is 0 Å². The molecule has 0 aromatic rings. The van der Waals surface area contributed by atoms with Crippen LogP contribution in [0.5, 0.6) is 0 Å². The Bertz CT molecular complexity index is 236. The lowest BCUT2D eigenvalue weighted by atomic mass is 9.89. The molecule has 1 amide bonds. The van der Waals surface area contributed by atoms with Gasteiger partial charge in [-0.3, -0.25) is 4.79 Å². The van der Waals surface area contributed by atoms with E-state index in [2.05, 4.69) is 5.32 Å². The molecule has 1 aliphatic heterocycles. The molecule has 1 heterocycles. The number of amides is 1. The predicted molar refractivity (Wildman–Crippen MR) is 69.9 cm³/mol. The van der Waals surface area contributed by atoms with Gasteiger partial charge >= 0.3 is 0 Å². The quantitative estimate of drug-likeness (QED) is 0.719. The molecular weight excluding hydrogens is 212 g/mol. The van der Waals surface area contributed by atoms with E-state index < -0.39 is 0 Å². The van der Waals surface area contributed by atoms with Crippen molar-refractivity contribution in [2.24, 2.45) is 5.92 Å². The summed E-state index contributed by atoms with van der Waals surface area (Å²) in [7, 11) is 0. The number of nitrogens with one attached hydrogen (secondary N) is 1. The third-order valence-electron chi connectivity index (χ3n) is 4.11. The van der Waals surface area contributed by atoms with Gasteiger partial charge in [0.2, 0.25) is 5.91 Å². The van der Waals surface area contributed by atoms with E-state index in [0.717, 1.165) is 44.8 Å². The number of likely N-dealkylation sites (tertiary alicyclic amines) is 1. The average molecular weight is 238 g/mol. The van der Waals surface area contributed by atoms with E-state index in [1.165, 1.54) is 38.6 Å². The number of rotatable bonds is 6. The Morgan fingerprint density at radius 3 is 2.71 bits per heavy atom. The van der Waals surface area contributed by atoms with Gasteiger partial charge in [-0.1, -0.05) is 19.3 Å². The summed E-state index contributed by atoms with van der Waals surface area (Å²) in [6.07, 6.45) is 10.1. The lowest BCUT2D eigenvalue weighted by Crippen LogP contribution is -2.30. The molecule has 0 bridgehead atoms. The van der Waals surface area contributed by atoms with Gasteiger partial charge in [-0.15, -0.1) is 0 Å². The van der Waals surface area contributed by atoms with Crippen molar-refractivity contribution in [3.8, 4) is 0 Å². The van der Waals surface area contributed by atoms with Gasteiger partial charge in [-0.2, -0.15) is 0 Å². The van der Waals surface area contributed by atoms with Crippen molar-refractivity contribution in [2.45, 2.75) is 51.4 Å². The van der Waals surface area contributed by atoms with E-state index in [9.17, 15) is 4.79 Å². The van der Waals surface area contributed by atoms with Crippen LogP contribution in [-0.2, 0) is 4.79 Å². The number of nitrogens with zero attached hydrogens (tertiary/aromatic N) is 1. The molecule has 1 saturated carbocycles. The molecule has 0 aromatic heterocycles. The first-order valence-corrected chi connectivity index (χ1v) is 7.35. The van der Waals surface area contributed by atoms with Crippen molar-refractivity contribution in [1.82, 2.24) is 10.2 Å². The Hall–Kier alpha value is -0.570. The van der Waals surface area contributed by atoms with E-state index >= 15 is 0 Å². The highest BCUT2D eigenvalue weighted by Crippen LogP contribution is 2.22. The molecular formula is C14H26N2O. The van der Waals surface area contributed by atoms with Gasteiger partial charge in [0.1, 0.15) is 0 Å². The van der Waals surface area contributed by atoms with Gasteiger partial charge < -0.3 is 10.2 Å². The highest BCUT2D eigenvalue weighted by molar-refractivity contribution is 5.77. The van der Waals surface area contributed by atoms with Crippen LogP contribution >= 0.6 is 0 Å². The largest absolute Gasteiger partial charge is 0.343 e. The minimum Gasteiger partial charge on any atom is -0.343 e. The summed E-state index contributed by atoms with van der Waals surface area (Å²) in [5.74, 6) is 1.27. The van der Waals surface area contributed by atoms with Crippen molar-refractivity contribution in [2.75, 3.05) is 26.2 Å². The van der Waals surface area contributed by atoms with Crippen LogP contribution in [0.15, 0.2) is 0 Å². The molecule has 1 saturated heterocycles. The van der Waals surface area contributed by atoms with Crippen LogP contribution in [0, 0.1) is 5.92 Å². The summed E-state index contributed by atoms with van der Waals surface area (Å²) in [5, 5.41) is 3.56. The molecule has 17 heavy (non-hydrogen) atoms. The lowest BCUT2D eigenvalue weighted by Gasteiger charge is -2.22. The second-order valence-corrected chi connectivity index (χ2v) is 5.55. The number of hydrogen-bond acceptors (Lipinski definition) is 2. The molecule has 0 spiro atoms. The zero-order valence-electron chi connectivity index (χ0n) is 10.9. The van der Waals surface area contributed by atoms with Crippen LogP contribution in [0.1, 0.15) is 51.4 Å². The maximum absolute atomic E-state index is 11.4. The van der Waals surface area contributed by atoms with Crippen LogP contribution in [0.4, 0.5) is 0 Å². The van der Waals surface area contributed by atoms with E-state index in [-0.39, 0.29) is 0 Å². The van der Waals surface area contributed by atoms with Crippen LogP contribution in [-0.4, -0.2) is 37.0 Å². The summed E-state index contributed by atoms with van der Waals surface area (Å²) >= 11 is 0. The highest BCUT2D eigenvalue weighted by atomic mass is 16.2. The zero-order valence-corrected chi connectivity index (χ0v) is 10.9. The first kappa shape index (κ1) is 12.9. The minimum atomic E-state index is 0.359. The molecule has 1 N–H and O–H groups in total. The Kier molecular flexibility index (Phi) is 5.30. The van der Waals surface area contributed by atoms with Crippen molar-refractivity contribution < 1.29 is 4.79 Å². The second-order valence-electron chi connectivity index (χ2n) is 5.55. The first-order chi connectivity index (χ1) is 8.36. The van der Waals surface area contributed by atoms with Gasteiger partial charge in [0, 0.05) is 19.5 Å². The minimum absolute atomic E-state index is 0.359. The summed E-state index contributed by atoms with van der Waals surface area (Å²) in [4.78, 5) is 13.4. The Labute approximate surface area is 105 Å². The van der Waals surface area contributed by atoms with Crippen molar-refractivity contribution in [3.63, 3.8) is 0 Å². The van der Waals surface area contributed by atoms with E-state index in [1.807, 2.05) is 4.90 Å². The van der Waals surface area contributed by atoms with Gasteiger partial charge in [-0.25, -0.2) is 0 Å². The van der Waals surface area contributed by atoms with Gasteiger partial charge in [0.05, 0.1) is 0 Å². The molecule has 3 heteroatoms. The average Bonchev–Trinajstić information content (AvgIpc) is 2.76. The lowest BCUT2D eigenvalue weighted by molar-refractivity contribution is -0.127. The first-order valence-electron chi connectivity index (χ1n) is 7.35. The molecule has 1 aliphatic carbocycles. The molecule has 2 aliphatic rings. The molecule has 0 aromatic carbocycles. The molecule has 3 nitrogen and oxygen atoms in total. The summed E-state index contributed by atoms with van der Waals surface area (Å²) in [6.45, 7) is 4.20. The Morgan fingerprint density at radius 1 is 1.18 bits per heavy atom. The Morgan fingerprint density at radius 2 is 2.00 bits per heavy atom. The van der Waals surface area contributed by atoms with E-state index in [4.69, 9.17) is 0 Å². The summed E-state index contributed by atoms with van der Waals surface area (Å²) < 4.78 is 0. The third-order valence-corrected chi connectivity index (χ3v) is 4.11. The number of carbonyl (C=O) groups is 1. The van der Waals surface area contributed by atoms with Crippen LogP contribution < -0.4 is 5.32 Å². The van der Waals surface area contributed by atoms with Crippen LogP contribution in [0.25, 0.3) is 0 Å². The number of carbonyl (C=O) groups excluding carboxylic acids is 1. The van der Waals surface area contributed by atoms with Gasteiger partial charge in [-0.05, 0) is 44.7 Å². The van der Waals surface area contributed by atoms with Crippen molar-refractivity contribution in [1.29, 1.82) is 0 Å². The SMILES string of the molecule is O=C1CCCN1CCCNCC1CCCCC1. The maximum Gasteiger partial charge on any atom is 0.222 e. The smallest absolute Gasteiger partial charge is 0.222 e. The Balaban J connectivity index is 1.47. The third kappa shape index (κ3) is 4.30. The standard InChI is InChI=1S/C14H26N2O/c17-14-8-4-10-16(14)11-5-9-15-12-13-6-2-1-3-7-13/h13,15H,1-12H2. The normalized spacial score (nSPS) is 22.4. The van der Waals surface area contributed by atoms with Crippen LogP contribution in [0.3, 0.4) is 0 Å². The summed E-state index contributed by atoms with van der Waals surface area (Å²) in [5.41, 5.74) is 0. The predicted octanol–water partition coefficient (Wildman–Crippen LogP) is 2.17. The topological polar surface area (TPSA) is 32.3 Å². The molecule has 0 radical (unpaired) electrons. The monoisotopic (exact) mass is 238 g/mol. The molecule has 0 atom stereocenters. The molecule has 0 unspecified atom stereocenters. The van der Waals surface area contributed by atoms with Gasteiger partial charge in [0.25, 0.3) is 0 Å². The van der Waals surface area contributed by atoms with Crippen LogP contribution in [0.2, 0.25) is 0 Å². The summed E-state index contributed by atoms with van der Waals surface area (Å²) in [6, 6.07) is 0. The second kappa shape index (κ2) is 7.00. The maximum atomic E-state index is 11.4. The molecule has 98 valence electrons. The molecule has 2 fully saturated rings. The molecule has 2 rings (SSSR count). The van der Waals surface area contributed by atoms with E-state index in [0.29, 0.717) is 5.91 Å². The highest BCUT2D eigenvalue weighted by Gasteiger charge is 2.19. The fourth-order valence-electron chi connectivity index (χ4n) is 3.03. The fourth-order valence-corrected chi connectivity index (χ4v) is 3.03. The van der Waals surface area contributed by atoms with E-state index in [1.54, 1.807) is 0 Å². The fraction of sp³-hybridized carbons (Fsp3) is 0.929. The number of hydrogen-bond donors (Lipinski definition) is 1. The zero-order chi connectivity index (χ0) is 11.9. The van der Waals surface area contributed by atoms with Gasteiger partial charge in [0.15, 0.2) is 0 Å². The van der Waals surface area contributed by atoms with Crippen molar-refractivity contribution >= 4 is 5.91 Å².